The second kappa shape index (κ2) is 20.3. The Morgan fingerprint density at radius 1 is 0.400 bits per heavy atom. The van der Waals surface area contributed by atoms with Gasteiger partial charge >= 0.3 is 0 Å². The lowest BCUT2D eigenvalue weighted by Crippen LogP contribution is -2.61. The van der Waals surface area contributed by atoms with Gasteiger partial charge in [-0.05, 0) is 140 Å². The number of aryl methyl sites for hydroxylation is 1. The quantitative estimate of drug-likeness (QED) is 0.126. The highest BCUT2D eigenvalue weighted by molar-refractivity contribution is 7.26. The summed E-state index contributed by atoms with van der Waals surface area (Å²) in [5.74, 6) is 0. The molecular formula is C80H62BN3S. The highest BCUT2D eigenvalue weighted by Gasteiger charge is 2.46. The van der Waals surface area contributed by atoms with Crippen LogP contribution in [-0.4, -0.2) is 11.3 Å². The van der Waals surface area contributed by atoms with Gasteiger partial charge in [0, 0.05) is 65.8 Å². The number of benzene rings is 12. The third kappa shape index (κ3) is 8.31. The molecule has 5 heteroatoms. The van der Waals surface area contributed by atoms with Crippen LogP contribution in [0.15, 0.2) is 267 Å². The van der Waals surface area contributed by atoms with Crippen molar-refractivity contribution in [3.8, 4) is 50.2 Å². The number of unbranched alkanes of at least 4 members (excludes halogenated alkanes) is 1. The lowest BCUT2D eigenvalue weighted by molar-refractivity contribution is 0.590. The van der Waals surface area contributed by atoms with Crippen molar-refractivity contribution in [1.29, 1.82) is 0 Å². The molecule has 4 heterocycles. The Labute approximate surface area is 502 Å². The first-order valence-electron chi connectivity index (χ1n) is 30.2. The monoisotopic (exact) mass is 1110 g/mol. The Hall–Kier alpha value is -9.68. The molecule has 0 saturated heterocycles. The number of thiophene rings is 1. The van der Waals surface area contributed by atoms with E-state index in [0.29, 0.717) is 0 Å². The molecule has 2 aliphatic rings. The van der Waals surface area contributed by atoms with Crippen LogP contribution in [0.1, 0.15) is 51.7 Å². The maximum absolute atomic E-state index is 2.74. The molecule has 16 rings (SSSR count). The molecule has 2 aromatic heterocycles. The maximum atomic E-state index is 2.74. The number of hydrogen-bond donors (Lipinski definition) is 0. The van der Waals surface area contributed by atoms with Crippen LogP contribution < -0.4 is 26.2 Å². The predicted molar refractivity (Wildman–Crippen MR) is 367 cm³/mol. The highest BCUT2D eigenvalue weighted by Crippen LogP contribution is 2.55. The molecular weight excluding hydrogens is 1050 g/mol. The molecule has 406 valence electrons. The molecule has 0 fully saturated rings. The Morgan fingerprint density at radius 3 is 1.54 bits per heavy atom. The van der Waals surface area contributed by atoms with Gasteiger partial charge in [-0.3, -0.25) is 0 Å². The van der Waals surface area contributed by atoms with E-state index in [9.17, 15) is 0 Å². The number of fused-ring (bicyclic) bond motifs is 10. The molecule has 0 N–H and O–H groups in total. The normalized spacial score (nSPS) is 12.8. The first-order chi connectivity index (χ1) is 41.8. The van der Waals surface area contributed by atoms with Crippen LogP contribution in [-0.2, 0) is 11.8 Å². The zero-order valence-electron chi connectivity index (χ0n) is 48.4. The molecule has 0 amide bonds. The highest BCUT2D eigenvalue weighted by atomic mass is 32.1. The van der Waals surface area contributed by atoms with Crippen molar-refractivity contribution < 1.29 is 0 Å². The summed E-state index contributed by atoms with van der Waals surface area (Å²) in [5, 5.41) is 5.11. The van der Waals surface area contributed by atoms with Crippen LogP contribution in [0.5, 0.6) is 0 Å². The smallest absolute Gasteiger partial charge is 0.252 e. The molecule has 85 heavy (non-hydrogen) atoms. The minimum atomic E-state index is -0.239. The Morgan fingerprint density at radius 2 is 0.941 bits per heavy atom. The van der Waals surface area contributed by atoms with E-state index in [1.54, 1.807) is 0 Å². The van der Waals surface area contributed by atoms with E-state index in [1.165, 1.54) is 126 Å². The lowest BCUT2D eigenvalue weighted by Gasteiger charge is -2.46. The van der Waals surface area contributed by atoms with Crippen molar-refractivity contribution in [3.63, 3.8) is 0 Å². The fourth-order valence-corrected chi connectivity index (χ4v) is 15.3. The summed E-state index contributed by atoms with van der Waals surface area (Å²) >= 11 is 1.95. The lowest BCUT2D eigenvalue weighted by atomic mass is 9.33. The van der Waals surface area contributed by atoms with E-state index in [1.807, 2.05) is 11.3 Å². The first-order valence-corrected chi connectivity index (χ1v) is 31.0. The standard InChI is InChI=1S/C80H62BN3S/c1-5-6-25-56-40-43-64-63-36-21-24-39-75(63)85-79(64)77(56)83-71-45-41-57(52-26-11-7-12-27-52)48-68(71)81-67-44-42-60(82-69-37-22-19-34-61(69)62-35-20-23-38-70(62)82)51-72(67)84(74-50-59(80(2,3)4)49-73(83)76(74)81)78-65(54-30-15-9-16-31-54)46-58(53-28-13-8-14-29-53)47-66(78)55-32-17-10-18-33-55/h7-24,26-51H,5-6,25H2,1-4H3. The summed E-state index contributed by atoms with van der Waals surface area (Å²) in [6, 6.07) is 101. The third-order valence-electron chi connectivity index (χ3n) is 18.1. The second-order valence-electron chi connectivity index (χ2n) is 24.2. The van der Waals surface area contributed by atoms with E-state index in [2.05, 4.69) is 309 Å². The van der Waals surface area contributed by atoms with Crippen LogP contribution in [0.4, 0.5) is 34.1 Å². The zero-order valence-corrected chi connectivity index (χ0v) is 49.2. The molecule has 0 spiro atoms. The summed E-state index contributed by atoms with van der Waals surface area (Å²) in [5.41, 5.74) is 26.5. The molecule has 0 aliphatic carbocycles. The van der Waals surface area contributed by atoms with Crippen LogP contribution in [0.2, 0.25) is 0 Å². The molecule has 0 radical (unpaired) electrons. The number of rotatable bonds is 10. The molecule has 0 saturated carbocycles. The largest absolute Gasteiger partial charge is 0.310 e. The van der Waals surface area contributed by atoms with Gasteiger partial charge in [0.15, 0.2) is 0 Å². The Bertz CT molecular complexity index is 4810. The van der Waals surface area contributed by atoms with E-state index < -0.39 is 0 Å². The van der Waals surface area contributed by atoms with Crippen LogP contribution in [0.3, 0.4) is 0 Å². The van der Waals surface area contributed by atoms with E-state index >= 15 is 0 Å². The van der Waals surface area contributed by atoms with Crippen LogP contribution >= 0.6 is 11.3 Å². The van der Waals surface area contributed by atoms with Gasteiger partial charge < -0.3 is 14.4 Å². The molecule has 3 nitrogen and oxygen atoms in total. The average molecular weight is 1110 g/mol. The summed E-state index contributed by atoms with van der Waals surface area (Å²) in [6.45, 7) is 9.37. The van der Waals surface area contributed by atoms with E-state index in [0.717, 1.165) is 47.5 Å². The van der Waals surface area contributed by atoms with Crippen LogP contribution in [0.25, 0.3) is 92.2 Å². The maximum Gasteiger partial charge on any atom is 0.252 e. The van der Waals surface area contributed by atoms with Crippen molar-refractivity contribution in [2.75, 3.05) is 9.80 Å². The van der Waals surface area contributed by atoms with Gasteiger partial charge in [-0.25, -0.2) is 0 Å². The van der Waals surface area contributed by atoms with Gasteiger partial charge in [-0.2, -0.15) is 0 Å². The Kier molecular flexibility index (Phi) is 12.2. The second-order valence-corrected chi connectivity index (χ2v) is 25.3. The molecule has 12 aromatic carbocycles. The Balaban J connectivity index is 1.09. The number of anilines is 6. The summed E-state index contributed by atoms with van der Waals surface area (Å²) < 4.78 is 5.14. The third-order valence-corrected chi connectivity index (χ3v) is 19.3. The summed E-state index contributed by atoms with van der Waals surface area (Å²) in [6.07, 6.45) is 3.18. The van der Waals surface area contributed by atoms with Crippen molar-refractivity contribution >= 4 is 111 Å². The van der Waals surface area contributed by atoms with Crippen molar-refractivity contribution in [2.45, 2.75) is 52.4 Å². The fraction of sp³-hybridized carbons (Fsp3) is 0.100. The molecule has 0 bridgehead atoms. The molecule has 14 aromatic rings. The van der Waals surface area contributed by atoms with Crippen molar-refractivity contribution in [2.24, 2.45) is 0 Å². The predicted octanol–water partition coefficient (Wildman–Crippen LogP) is 20.5. The minimum Gasteiger partial charge on any atom is -0.310 e. The van der Waals surface area contributed by atoms with Crippen LogP contribution in [0, 0.1) is 0 Å². The minimum absolute atomic E-state index is 0.142. The topological polar surface area (TPSA) is 11.4 Å². The van der Waals surface area contributed by atoms with Gasteiger partial charge in [-0.1, -0.05) is 240 Å². The van der Waals surface area contributed by atoms with Gasteiger partial charge in [-0.15, -0.1) is 11.3 Å². The van der Waals surface area contributed by atoms with Gasteiger partial charge in [0.1, 0.15) is 0 Å². The number of para-hydroxylation sites is 2. The van der Waals surface area contributed by atoms with E-state index in [-0.39, 0.29) is 12.1 Å². The van der Waals surface area contributed by atoms with Gasteiger partial charge in [0.2, 0.25) is 0 Å². The summed E-state index contributed by atoms with van der Waals surface area (Å²) in [7, 11) is 0. The number of hydrogen-bond acceptors (Lipinski definition) is 3. The number of nitrogens with zero attached hydrogens (tertiary/aromatic N) is 3. The summed E-state index contributed by atoms with van der Waals surface area (Å²) in [4.78, 5) is 5.46. The zero-order chi connectivity index (χ0) is 56.9. The first kappa shape index (κ1) is 51.0. The fourth-order valence-electron chi connectivity index (χ4n) is 14.0. The average Bonchev–Trinajstić information content (AvgIpc) is 1.12. The molecule has 0 atom stereocenters. The SMILES string of the molecule is CCCCc1ccc2c(sc3ccccc32)c1N1c2ccc(-c3ccccc3)cc2B2c3ccc(-n4c5ccccc5c5ccccc54)cc3N(c3c(-c4ccccc4)cc(-c4ccccc4)cc3-c3ccccc3)c3cc(C(C)(C)C)cc1c32. The van der Waals surface area contributed by atoms with Crippen molar-refractivity contribution in [1.82, 2.24) is 4.57 Å². The van der Waals surface area contributed by atoms with Crippen molar-refractivity contribution in [3.05, 3.63) is 278 Å². The van der Waals surface area contributed by atoms with Gasteiger partial charge in [0.05, 0.1) is 27.1 Å². The molecule has 0 unspecified atom stereocenters. The van der Waals surface area contributed by atoms with Gasteiger partial charge in [0.25, 0.3) is 6.71 Å². The van der Waals surface area contributed by atoms with E-state index in [4.69, 9.17) is 0 Å². The molecule has 2 aliphatic heterocycles. The number of aromatic nitrogens is 1.